The quantitative estimate of drug-likeness (QED) is 0.294. The lowest BCUT2D eigenvalue weighted by molar-refractivity contribution is -0.218. The molecule has 4 N–H and O–H groups in total. The maximum absolute atomic E-state index is 12.5. The Morgan fingerprint density at radius 2 is 1.87 bits per heavy atom. The van der Waals surface area contributed by atoms with Gasteiger partial charge in [0.25, 0.3) is 0 Å². The van der Waals surface area contributed by atoms with Crippen molar-refractivity contribution in [3.63, 3.8) is 0 Å². The molecule has 2 rings (SSSR count). The van der Waals surface area contributed by atoms with Gasteiger partial charge in [0.2, 0.25) is 0 Å². The molecule has 10 nitrogen and oxygen atoms in total. The van der Waals surface area contributed by atoms with E-state index in [0.29, 0.717) is 19.4 Å². The highest BCUT2D eigenvalue weighted by atomic mass is 16.6. The lowest BCUT2D eigenvalue weighted by atomic mass is 10.2. The van der Waals surface area contributed by atoms with E-state index in [-0.39, 0.29) is 6.61 Å². The molecule has 0 aliphatic carbocycles. The summed E-state index contributed by atoms with van der Waals surface area (Å²) < 4.78 is 15.5. The lowest BCUT2D eigenvalue weighted by Crippen LogP contribution is -2.45. The number of carbonyl (C=O) groups excluding carboxylic acids is 2. The molecular formula is C20H29NO9. The first-order valence-corrected chi connectivity index (χ1v) is 9.78. The summed E-state index contributed by atoms with van der Waals surface area (Å²) in [5.41, 5.74) is 0.818. The van der Waals surface area contributed by atoms with Crippen molar-refractivity contribution in [1.29, 1.82) is 0 Å². The second kappa shape index (κ2) is 11.8. The first-order chi connectivity index (χ1) is 14.3. The fourth-order valence-corrected chi connectivity index (χ4v) is 2.94. The van der Waals surface area contributed by atoms with Crippen LogP contribution in [0.3, 0.4) is 0 Å². The molecule has 1 aliphatic rings. The van der Waals surface area contributed by atoms with E-state index in [1.165, 1.54) is 11.8 Å². The maximum atomic E-state index is 12.5. The van der Waals surface area contributed by atoms with Crippen molar-refractivity contribution in [3.8, 4) is 0 Å². The molecule has 0 saturated carbocycles. The van der Waals surface area contributed by atoms with E-state index in [0.717, 1.165) is 5.56 Å². The lowest BCUT2D eigenvalue weighted by Gasteiger charge is -2.27. The highest BCUT2D eigenvalue weighted by Crippen LogP contribution is 2.20. The predicted octanol–water partition coefficient (Wildman–Crippen LogP) is -0.232. The van der Waals surface area contributed by atoms with Crippen molar-refractivity contribution in [3.05, 3.63) is 35.9 Å². The second-order valence-corrected chi connectivity index (χ2v) is 7.08. The topological polar surface area (TPSA) is 146 Å². The van der Waals surface area contributed by atoms with Crippen LogP contribution in [0.2, 0.25) is 0 Å². The molecule has 0 bridgehead atoms. The van der Waals surface area contributed by atoms with Gasteiger partial charge in [0.1, 0.15) is 37.6 Å². The van der Waals surface area contributed by atoms with Gasteiger partial charge in [0.15, 0.2) is 6.29 Å². The van der Waals surface area contributed by atoms with Crippen molar-refractivity contribution < 1.29 is 44.2 Å². The molecule has 2 unspecified atom stereocenters. The van der Waals surface area contributed by atoms with E-state index in [1.807, 2.05) is 30.3 Å². The summed E-state index contributed by atoms with van der Waals surface area (Å²) in [7, 11) is 0. The highest BCUT2D eigenvalue weighted by Gasteiger charge is 2.37. The van der Waals surface area contributed by atoms with Crippen molar-refractivity contribution >= 4 is 12.1 Å². The van der Waals surface area contributed by atoms with E-state index >= 15 is 0 Å². The number of esters is 1. The fraction of sp³-hybridized carbons (Fsp3) is 0.600. The van der Waals surface area contributed by atoms with Gasteiger partial charge in [-0.2, -0.15) is 0 Å². The third-order valence-electron chi connectivity index (χ3n) is 4.70. The third kappa shape index (κ3) is 6.92. The Labute approximate surface area is 174 Å². The van der Waals surface area contributed by atoms with Gasteiger partial charge in [-0.25, -0.2) is 9.59 Å². The minimum Gasteiger partial charge on any atom is -0.461 e. The minimum atomic E-state index is -1.63. The SMILES string of the molecule is CC(O)[C@@H](O)OC(COC(=O)[C@@H]1CCCN1C(=O)OCc1ccccc1)[C@@H](O)CO. The number of likely N-dealkylation sites (tertiary alicyclic amines) is 1. The molecule has 1 aromatic rings. The number of rotatable bonds is 10. The van der Waals surface area contributed by atoms with Crippen LogP contribution in [0.15, 0.2) is 30.3 Å². The zero-order chi connectivity index (χ0) is 22.1. The molecule has 0 aromatic heterocycles. The number of amides is 1. The summed E-state index contributed by atoms with van der Waals surface area (Å²) in [5.74, 6) is -0.713. The van der Waals surface area contributed by atoms with Crippen molar-refractivity contribution in [2.24, 2.45) is 0 Å². The van der Waals surface area contributed by atoms with Gasteiger partial charge in [-0.3, -0.25) is 4.90 Å². The number of benzene rings is 1. The number of carbonyl (C=O) groups is 2. The molecule has 1 fully saturated rings. The molecule has 30 heavy (non-hydrogen) atoms. The first kappa shape index (κ1) is 24.0. The molecule has 168 valence electrons. The fourth-order valence-electron chi connectivity index (χ4n) is 2.94. The number of hydrogen-bond donors (Lipinski definition) is 4. The summed E-state index contributed by atoms with van der Waals surface area (Å²) in [4.78, 5) is 26.2. The zero-order valence-corrected chi connectivity index (χ0v) is 16.8. The van der Waals surface area contributed by atoms with Crippen LogP contribution in [-0.4, -0.2) is 87.8 Å². The third-order valence-corrected chi connectivity index (χ3v) is 4.70. The monoisotopic (exact) mass is 427 g/mol. The second-order valence-electron chi connectivity index (χ2n) is 7.08. The van der Waals surface area contributed by atoms with Gasteiger partial charge in [0.05, 0.1) is 6.61 Å². The van der Waals surface area contributed by atoms with Crippen LogP contribution in [-0.2, 0) is 25.6 Å². The molecule has 1 saturated heterocycles. The minimum absolute atomic E-state index is 0.0772. The Morgan fingerprint density at radius 1 is 1.17 bits per heavy atom. The number of nitrogens with zero attached hydrogens (tertiary/aromatic N) is 1. The normalized spacial score (nSPS) is 20.3. The summed E-state index contributed by atoms with van der Waals surface area (Å²) >= 11 is 0. The van der Waals surface area contributed by atoms with Gasteiger partial charge in [0, 0.05) is 6.54 Å². The Hall–Kier alpha value is -2.24. The van der Waals surface area contributed by atoms with E-state index < -0.39 is 55.9 Å². The molecule has 0 spiro atoms. The van der Waals surface area contributed by atoms with E-state index in [2.05, 4.69) is 0 Å². The first-order valence-electron chi connectivity index (χ1n) is 9.78. The standard InChI is InChI=1S/C20H29NO9/c1-13(23)18(25)30-17(16(24)10-22)12-28-19(26)15-8-5-9-21(15)20(27)29-11-14-6-3-2-4-7-14/h2-4,6-7,13,15-18,22-25H,5,8-12H2,1H3/t13?,15-,16-,17?,18-/m0/s1. The van der Waals surface area contributed by atoms with Gasteiger partial charge in [-0.1, -0.05) is 30.3 Å². The summed E-state index contributed by atoms with van der Waals surface area (Å²) in [6.07, 6.45) is -5.23. The van der Waals surface area contributed by atoms with Gasteiger partial charge < -0.3 is 34.6 Å². The average molecular weight is 427 g/mol. The molecule has 1 heterocycles. The van der Waals surface area contributed by atoms with E-state index in [1.54, 1.807) is 0 Å². The van der Waals surface area contributed by atoms with Gasteiger partial charge in [-0.05, 0) is 25.3 Å². The van der Waals surface area contributed by atoms with Crippen LogP contribution in [0.25, 0.3) is 0 Å². The number of aliphatic hydroxyl groups excluding tert-OH is 4. The Morgan fingerprint density at radius 3 is 2.50 bits per heavy atom. The average Bonchev–Trinajstić information content (AvgIpc) is 3.24. The van der Waals surface area contributed by atoms with Crippen LogP contribution in [0.1, 0.15) is 25.3 Å². The molecule has 0 radical (unpaired) electrons. The molecule has 10 heteroatoms. The Bertz CT molecular complexity index is 670. The van der Waals surface area contributed by atoms with Crippen LogP contribution < -0.4 is 0 Å². The largest absolute Gasteiger partial charge is 0.461 e. The summed E-state index contributed by atoms with van der Waals surface area (Å²) in [6.45, 7) is 0.515. The molecule has 1 aromatic carbocycles. The van der Waals surface area contributed by atoms with Crippen LogP contribution in [0.4, 0.5) is 4.79 Å². The maximum Gasteiger partial charge on any atom is 0.410 e. The van der Waals surface area contributed by atoms with Crippen LogP contribution in [0, 0.1) is 0 Å². The van der Waals surface area contributed by atoms with Crippen LogP contribution >= 0.6 is 0 Å². The number of ether oxygens (including phenoxy) is 3. The van der Waals surface area contributed by atoms with Crippen LogP contribution in [0.5, 0.6) is 0 Å². The van der Waals surface area contributed by atoms with Gasteiger partial charge in [-0.15, -0.1) is 0 Å². The smallest absolute Gasteiger partial charge is 0.410 e. The molecule has 1 amide bonds. The summed E-state index contributed by atoms with van der Waals surface area (Å²) in [5, 5.41) is 37.8. The van der Waals surface area contributed by atoms with Crippen molar-refractivity contribution in [2.45, 2.75) is 57.0 Å². The zero-order valence-electron chi connectivity index (χ0n) is 16.8. The highest BCUT2D eigenvalue weighted by molar-refractivity contribution is 5.82. The van der Waals surface area contributed by atoms with Crippen molar-refractivity contribution in [1.82, 2.24) is 4.90 Å². The molecule has 5 atom stereocenters. The molecular weight excluding hydrogens is 398 g/mol. The summed E-state index contributed by atoms with van der Waals surface area (Å²) in [6, 6.07) is 8.29. The van der Waals surface area contributed by atoms with Crippen molar-refractivity contribution in [2.75, 3.05) is 19.8 Å². The number of aliphatic hydroxyl groups is 4. The number of hydrogen-bond acceptors (Lipinski definition) is 9. The van der Waals surface area contributed by atoms with E-state index in [4.69, 9.17) is 19.3 Å². The van der Waals surface area contributed by atoms with Gasteiger partial charge >= 0.3 is 12.1 Å². The molecule has 1 aliphatic heterocycles. The predicted molar refractivity (Wildman–Crippen MR) is 103 cm³/mol. The van der Waals surface area contributed by atoms with E-state index in [9.17, 15) is 24.9 Å². The Kier molecular flexibility index (Phi) is 9.47. The Balaban J connectivity index is 1.89.